The summed E-state index contributed by atoms with van der Waals surface area (Å²) < 4.78 is 2.19. The monoisotopic (exact) mass is 339 g/mol. The number of rotatable bonds is 3. The average molecular weight is 339 g/mol. The number of hydrogen-bond donors (Lipinski definition) is 0. The number of imidazole rings is 1. The van der Waals surface area contributed by atoms with Crippen molar-refractivity contribution in [3.8, 4) is 0 Å². The first kappa shape index (κ1) is 16.1. The third kappa shape index (κ3) is 3.01. The van der Waals surface area contributed by atoms with Gasteiger partial charge in [-0.3, -0.25) is 14.2 Å². The van der Waals surface area contributed by atoms with Crippen molar-refractivity contribution in [3.63, 3.8) is 0 Å². The van der Waals surface area contributed by atoms with Crippen molar-refractivity contribution in [2.24, 2.45) is 0 Å². The predicted molar refractivity (Wildman–Crippen MR) is 97.8 cm³/mol. The van der Waals surface area contributed by atoms with E-state index >= 15 is 0 Å². The van der Waals surface area contributed by atoms with E-state index in [9.17, 15) is 4.79 Å². The highest BCUT2D eigenvalue weighted by molar-refractivity contribution is 5.87. The third-order valence-electron chi connectivity index (χ3n) is 5.48. The Morgan fingerprint density at radius 1 is 1.12 bits per heavy atom. The normalized spacial score (nSPS) is 19.4. The third-order valence-corrected chi connectivity index (χ3v) is 5.48. The smallest absolute Gasteiger partial charge is 0.245 e. The average Bonchev–Trinajstić information content (AvgIpc) is 3.12. The number of amides is 1. The molecule has 2 aliphatic rings. The number of hydrogen-bond acceptors (Lipinski definition) is 4. The molecule has 6 nitrogen and oxygen atoms in total. The van der Waals surface area contributed by atoms with Gasteiger partial charge in [0.05, 0.1) is 17.4 Å². The quantitative estimate of drug-likeness (QED) is 0.807. The van der Waals surface area contributed by atoms with Crippen LogP contribution in [0.25, 0.3) is 5.52 Å². The number of carbonyl (C=O) groups excluding carboxylic acids is 1. The molecule has 4 heterocycles. The van der Waals surface area contributed by atoms with Crippen molar-refractivity contribution >= 4 is 17.4 Å². The molecule has 0 N–H and O–H groups in total. The summed E-state index contributed by atoms with van der Waals surface area (Å²) in [5.74, 6) is 1.45. The minimum absolute atomic E-state index is 0.0290. The molecule has 0 aliphatic carbocycles. The van der Waals surface area contributed by atoms with Crippen molar-refractivity contribution in [1.29, 1.82) is 0 Å². The van der Waals surface area contributed by atoms with Crippen molar-refractivity contribution < 1.29 is 4.79 Å². The van der Waals surface area contributed by atoms with Gasteiger partial charge in [-0.2, -0.15) is 0 Å². The Kier molecular flexibility index (Phi) is 4.42. The summed E-state index contributed by atoms with van der Waals surface area (Å²) >= 11 is 0. The van der Waals surface area contributed by atoms with Gasteiger partial charge in [-0.05, 0) is 38.2 Å². The number of likely N-dealkylation sites (tertiary alicyclic amines) is 1. The molecule has 0 radical (unpaired) electrons. The largest absolute Gasteiger partial charge is 0.342 e. The maximum Gasteiger partial charge on any atom is 0.245 e. The molecular formula is C19H25N5O. The lowest BCUT2D eigenvalue weighted by molar-refractivity contribution is -0.127. The molecule has 2 aromatic rings. The van der Waals surface area contributed by atoms with Crippen LogP contribution in [0.5, 0.6) is 0 Å². The van der Waals surface area contributed by atoms with Gasteiger partial charge in [0.25, 0.3) is 0 Å². The zero-order chi connectivity index (χ0) is 17.2. The summed E-state index contributed by atoms with van der Waals surface area (Å²) in [7, 11) is 0. The summed E-state index contributed by atoms with van der Waals surface area (Å²) in [6, 6.07) is 0. The van der Waals surface area contributed by atoms with Gasteiger partial charge in [0.15, 0.2) is 0 Å². The van der Waals surface area contributed by atoms with E-state index in [1.54, 1.807) is 0 Å². The minimum atomic E-state index is 0.0290. The highest BCUT2D eigenvalue weighted by Crippen LogP contribution is 2.31. The van der Waals surface area contributed by atoms with Gasteiger partial charge in [-0.1, -0.05) is 6.58 Å². The molecule has 0 saturated carbocycles. The van der Waals surface area contributed by atoms with E-state index in [0.29, 0.717) is 5.92 Å². The van der Waals surface area contributed by atoms with Crippen LogP contribution in [0.1, 0.15) is 43.7 Å². The Morgan fingerprint density at radius 2 is 1.88 bits per heavy atom. The van der Waals surface area contributed by atoms with Gasteiger partial charge in [-0.15, -0.1) is 0 Å². The van der Waals surface area contributed by atoms with Gasteiger partial charge in [0.2, 0.25) is 11.9 Å². The Balaban J connectivity index is 1.58. The van der Waals surface area contributed by atoms with Crippen LogP contribution >= 0.6 is 0 Å². The van der Waals surface area contributed by atoms with E-state index in [0.717, 1.165) is 56.2 Å². The fourth-order valence-electron chi connectivity index (χ4n) is 4.08. The lowest BCUT2D eigenvalue weighted by atomic mass is 9.92. The molecule has 2 saturated heterocycles. The molecule has 0 aromatic carbocycles. The molecule has 0 unspecified atom stereocenters. The fourth-order valence-corrected chi connectivity index (χ4v) is 4.08. The van der Waals surface area contributed by atoms with Gasteiger partial charge in [-0.25, -0.2) is 4.98 Å². The standard InChI is InChI=1S/C19H25N5O/c1-2-17(25)22-11-6-15(7-12-22)18-16-14-21-19(24(16)13-8-20-18)23-9-4-3-5-10-23/h2,8,13-15H,1,3-7,9-12H2. The van der Waals surface area contributed by atoms with E-state index in [2.05, 4.69) is 20.9 Å². The van der Waals surface area contributed by atoms with Crippen LogP contribution in [0.3, 0.4) is 0 Å². The van der Waals surface area contributed by atoms with Crippen LogP contribution < -0.4 is 4.90 Å². The number of aromatic nitrogens is 3. The van der Waals surface area contributed by atoms with Gasteiger partial charge in [0.1, 0.15) is 0 Å². The topological polar surface area (TPSA) is 53.7 Å². The molecule has 0 spiro atoms. The highest BCUT2D eigenvalue weighted by Gasteiger charge is 2.26. The predicted octanol–water partition coefficient (Wildman–Crippen LogP) is 2.61. The summed E-state index contributed by atoms with van der Waals surface area (Å²) in [6.45, 7) is 7.28. The molecule has 2 aromatic heterocycles. The van der Waals surface area contributed by atoms with Crippen molar-refractivity contribution in [2.45, 2.75) is 38.0 Å². The van der Waals surface area contributed by atoms with E-state index in [4.69, 9.17) is 4.98 Å². The number of fused-ring (bicyclic) bond motifs is 1. The van der Waals surface area contributed by atoms with Crippen LogP contribution in [-0.4, -0.2) is 51.4 Å². The molecule has 1 amide bonds. The SMILES string of the molecule is C=CC(=O)N1CCC(c2nccn3c(N4CCCCC4)ncc23)CC1. The Labute approximate surface area is 148 Å². The lowest BCUT2D eigenvalue weighted by Crippen LogP contribution is -2.37. The second kappa shape index (κ2) is 6.86. The van der Waals surface area contributed by atoms with Gasteiger partial charge in [0, 0.05) is 44.5 Å². The number of carbonyl (C=O) groups is 1. The Bertz CT molecular complexity index is 769. The molecule has 132 valence electrons. The van der Waals surface area contributed by atoms with E-state index in [1.165, 1.54) is 25.3 Å². The van der Waals surface area contributed by atoms with E-state index in [1.807, 2.05) is 23.5 Å². The summed E-state index contributed by atoms with van der Waals surface area (Å²) in [4.78, 5) is 25.4. The summed E-state index contributed by atoms with van der Waals surface area (Å²) in [5.41, 5.74) is 2.22. The number of nitrogens with zero attached hydrogens (tertiary/aromatic N) is 5. The first-order valence-electron chi connectivity index (χ1n) is 9.26. The zero-order valence-electron chi connectivity index (χ0n) is 14.6. The molecule has 25 heavy (non-hydrogen) atoms. The van der Waals surface area contributed by atoms with Crippen molar-refractivity contribution in [2.75, 3.05) is 31.1 Å². The summed E-state index contributed by atoms with van der Waals surface area (Å²) in [6.07, 6.45) is 13.0. The highest BCUT2D eigenvalue weighted by atomic mass is 16.2. The Morgan fingerprint density at radius 3 is 2.60 bits per heavy atom. The van der Waals surface area contributed by atoms with Crippen LogP contribution in [0.2, 0.25) is 0 Å². The second-order valence-corrected chi connectivity index (χ2v) is 6.98. The first-order chi connectivity index (χ1) is 12.3. The molecule has 6 heteroatoms. The maximum atomic E-state index is 11.8. The van der Waals surface area contributed by atoms with Gasteiger partial charge < -0.3 is 9.80 Å². The molecule has 2 fully saturated rings. The molecule has 2 aliphatic heterocycles. The molecular weight excluding hydrogens is 314 g/mol. The molecule has 4 rings (SSSR count). The minimum Gasteiger partial charge on any atom is -0.342 e. The van der Waals surface area contributed by atoms with Crippen molar-refractivity contribution in [1.82, 2.24) is 19.3 Å². The Hall–Kier alpha value is -2.37. The van der Waals surface area contributed by atoms with Crippen LogP contribution in [0.15, 0.2) is 31.2 Å². The maximum absolute atomic E-state index is 11.8. The lowest BCUT2D eigenvalue weighted by Gasteiger charge is -2.31. The summed E-state index contributed by atoms with van der Waals surface area (Å²) in [5, 5.41) is 0. The van der Waals surface area contributed by atoms with Crippen molar-refractivity contribution in [3.05, 3.63) is 36.9 Å². The van der Waals surface area contributed by atoms with Gasteiger partial charge >= 0.3 is 0 Å². The van der Waals surface area contributed by atoms with Crippen LogP contribution in [0, 0.1) is 0 Å². The van der Waals surface area contributed by atoms with Crippen LogP contribution in [0.4, 0.5) is 5.95 Å². The fraction of sp³-hybridized carbons (Fsp3) is 0.526. The number of anilines is 1. The first-order valence-corrected chi connectivity index (χ1v) is 9.26. The molecule has 0 atom stereocenters. The van der Waals surface area contributed by atoms with Crippen LogP contribution in [-0.2, 0) is 4.79 Å². The molecule has 0 bridgehead atoms. The van der Waals surface area contributed by atoms with E-state index < -0.39 is 0 Å². The van der Waals surface area contributed by atoms with E-state index in [-0.39, 0.29) is 5.91 Å². The zero-order valence-corrected chi connectivity index (χ0v) is 14.6. The number of piperidine rings is 2. The second-order valence-electron chi connectivity index (χ2n) is 6.98.